The van der Waals surface area contributed by atoms with Gasteiger partial charge in [0.25, 0.3) is 11.6 Å². The molecule has 0 saturated carbocycles. The molecule has 0 heterocycles. The zero-order chi connectivity index (χ0) is 9.89. The smallest absolute Gasteiger partial charge is 0.259 e. The van der Waals surface area contributed by atoms with Gasteiger partial charge in [-0.25, -0.2) is 0 Å². The molecule has 0 aliphatic carbocycles. The molecular formula is C6H8N2O4. The van der Waals surface area contributed by atoms with E-state index in [1.807, 2.05) is 0 Å². The normalized spacial score (nSPS) is 11.8. The van der Waals surface area contributed by atoms with Gasteiger partial charge < -0.3 is 5.73 Å². The van der Waals surface area contributed by atoms with Crippen molar-refractivity contribution in [2.75, 3.05) is 0 Å². The van der Waals surface area contributed by atoms with Crippen LogP contribution in [-0.4, -0.2) is 16.6 Å². The summed E-state index contributed by atoms with van der Waals surface area (Å²) in [5.74, 6) is -1.77. The lowest BCUT2D eigenvalue weighted by atomic mass is 10.1. The Morgan fingerprint density at radius 1 is 1.33 bits per heavy atom. The highest BCUT2D eigenvalue weighted by atomic mass is 16.6. The van der Waals surface area contributed by atoms with Gasteiger partial charge in [0.1, 0.15) is 0 Å². The van der Waals surface area contributed by atoms with Crippen LogP contribution in [0.25, 0.3) is 0 Å². The van der Waals surface area contributed by atoms with E-state index in [1.54, 1.807) is 0 Å². The standard InChI is InChI=1S/C6H8N2O4/c1-3(8(11)12)5(4(2)9)6(7)10/h1-2H3,(H2,7,10). The minimum Gasteiger partial charge on any atom is -0.365 e. The van der Waals surface area contributed by atoms with E-state index in [0.29, 0.717) is 0 Å². The highest BCUT2D eigenvalue weighted by Crippen LogP contribution is 2.04. The third kappa shape index (κ3) is 2.15. The Balaban J connectivity index is 5.23. The molecule has 0 aromatic carbocycles. The van der Waals surface area contributed by atoms with E-state index >= 15 is 0 Å². The van der Waals surface area contributed by atoms with E-state index in [4.69, 9.17) is 5.73 Å². The van der Waals surface area contributed by atoms with Crippen LogP contribution in [0.5, 0.6) is 0 Å². The van der Waals surface area contributed by atoms with Gasteiger partial charge in [-0.15, -0.1) is 0 Å². The monoisotopic (exact) mass is 172 g/mol. The summed E-state index contributed by atoms with van der Waals surface area (Å²) < 4.78 is 0. The molecule has 0 rings (SSSR count). The number of hydrogen-bond acceptors (Lipinski definition) is 4. The summed E-state index contributed by atoms with van der Waals surface area (Å²) in [4.78, 5) is 30.5. The fourth-order valence-electron chi connectivity index (χ4n) is 0.698. The third-order valence-corrected chi connectivity index (χ3v) is 1.23. The summed E-state index contributed by atoms with van der Waals surface area (Å²) in [6.07, 6.45) is 0. The molecule has 6 heteroatoms. The van der Waals surface area contributed by atoms with Crippen molar-refractivity contribution in [1.82, 2.24) is 0 Å². The van der Waals surface area contributed by atoms with Crippen molar-refractivity contribution >= 4 is 11.7 Å². The molecule has 12 heavy (non-hydrogen) atoms. The van der Waals surface area contributed by atoms with Crippen LogP contribution in [0.1, 0.15) is 13.8 Å². The molecule has 66 valence electrons. The maximum atomic E-state index is 10.7. The van der Waals surface area contributed by atoms with Gasteiger partial charge in [-0.3, -0.25) is 19.7 Å². The number of allylic oxidation sites excluding steroid dienone is 1. The molecule has 0 radical (unpaired) electrons. The third-order valence-electron chi connectivity index (χ3n) is 1.23. The number of hydrogen-bond donors (Lipinski definition) is 1. The van der Waals surface area contributed by atoms with E-state index in [1.165, 1.54) is 0 Å². The molecule has 0 spiro atoms. The molecule has 0 fully saturated rings. The zero-order valence-electron chi connectivity index (χ0n) is 6.66. The SMILES string of the molecule is CC(=O)C(C(N)=O)=C(C)[N+](=O)[O-]. The molecular weight excluding hydrogens is 164 g/mol. The number of nitrogens with zero attached hydrogens (tertiary/aromatic N) is 1. The van der Waals surface area contributed by atoms with E-state index < -0.39 is 27.9 Å². The molecule has 0 bridgehead atoms. The first kappa shape index (κ1) is 10.3. The highest BCUT2D eigenvalue weighted by Gasteiger charge is 2.21. The molecule has 0 aliphatic rings. The number of amides is 1. The second kappa shape index (κ2) is 3.61. The lowest BCUT2D eigenvalue weighted by Crippen LogP contribution is -2.22. The van der Waals surface area contributed by atoms with Crippen molar-refractivity contribution < 1.29 is 14.5 Å². The number of carbonyl (C=O) groups is 2. The summed E-state index contributed by atoms with van der Waals surface area (Å²) in [5.41, 5.74) is 3.68. The van der Waals surface area contributed by atoms with E-state index in [2.05, 4.69) is 0 Å². The van der Waals surface area contributed by atoms with Crippen LogP contribution in [0.3, 0.4) is 0 Å². The van der Waals surface area contributed by atoms with E-state index in [-0.39, 0.29) is 0 Å². The van der Waals surface area contributed by atoms with Crippen LogP contribution < -0.4 is 5.73 Å². The Morgan fingerprint density at radius 2 is 1.75 bits per heavy atom. The van der Waals surface area contributed by atoms with Gasteiger partial charge >= 0.3 is 0 Å². The van der Waals surface area contributed by atoms with Gasteiger partial charge in [0.05, 0.1) is 4.92 Å². The number of primary amides is 1. The van der Waals surface area contributed by atoms with Gasteiger partial charge in [-0.05, 0) is 6.92 Å². The van der Waals surface area contributed by atoms with Crippen molar-refractivity contribution in [3.63, 3.8) is 0 Å². The topological polar surface area (TPSA) is 103 Å². The molecule has 2 N–H and O–H groups in total. The Labute approximate surface area is 68.2 Å². The van der Waals surface area contributed by atoms with Gasteiger partial charge in [-0.1, -0.05) is 0 Å². The molecule has 0 aromatic heterocycles. The van der Waals surface area contributed by atoms with Crippen LogP contribution in [0.15, 0.2) is 11.3 Å². The second-order valence-corrected chi connectivity index (χ2v) is 2.14. The largest absolute Gasteiger partial charge is 0.365 e. The molecule has 0 atom stereocenters. The lowest BCUT2D eigenvalue weighted by molar-refractivity contribution is -0.425. The summed E-state index contributed by atoms with van der Waals surface area (Å²) in [6, 6.07) is 0. The quantitative estimate of drug-likeness (QED) is 0.206. The minimum atomic E-state index is -1.07. The van der Waals surface area contributed by atoms with Gasteiger partial charge in [0.2, 0.25) is 0 Å². The number of nitrogens with two attached hydrogens (primary N) is 1. The maximum Gasteiger partial charge on any atom is 0.259 e. The van der Waals surface area contributed by atoms with Gasteiger partial charge in [0, 0.05) is 6.92 Å². The van der Waals surface area contributed by atoms with Crippen molar-refractivity contribution in [3.05, 3.63) is 21.4 Å². The number of nitro groups is 1. The molecule has 0 aromatic rings. The molecule has 6 nitrogen and oxygen atoms in total. The first-order chi connectivity index (χ1) is 5.37. The number of carbonyl (C=O) groups excluding carboxylic acids is 2. The molecule has 0 unspecified atom stereocenters. The fraction of sp³-hybridized carbons (Fsp3) is 0.333. The summed E-state index contributed by atoms with van der Waals surface area (Å²) in [6.45, 7) is 2.11. The summed E-state index contributed by atoms with van der Waals surface area (Å²) in [7, 11) is 0. The fourth-order valence-corrected chi connectivity index (χ4v) is 0.698. The molecule has 0 aliphatic heterocycles. The first-order valence-electron chi connectivity index (χ1n) is 3.04. The molecule has 0 saturated heterocycles. The summed E-state index contributed by atoms with van der Waals surface area (Å²) in [5, 5.41) is 10.1. The lowest BCUT2D eigenvalue weighted by Gasteiger charge is -1.96. The average Bonchev–Trinajstić information content (AvgIpc) is 1.85. The van der Waals surface area contributed by atoms with Crippen molar-refractivity contribution in [3.8, 4) is 0 Å². The van der Waals surface area contributed by atoms with Crippen LogP contribution in [0.4, 0.5) is 0 Å². The van der Waals surface area contributed by atoms with E-state index in [0.717, 1.165) is 13.8 Å². The number of Topliss-reactive ketones (excluding diaryl/α,β-unsaturated/α-hetero) is 1. The van der Waals surface area contributed by atoms with Crippen molar-refractivity contribution in [2.45, 2.75) is 13.8 Å². The molecule has 1 amide bonds. The Kier molecular flexibility index (Phi) is 3.09. The highest BCUT2D eigenvalue weighted by molar-refractivity contribution is 6.18. The number of ketones is 1. The maximum absolute atomic E-state index is 10.7. The average molecular weight is 172 g/mol. The van der Waals surface area contributed by atoms with E-state index in [9.17, 15) is 19.7 Å². The number of rotatable bonds is 3. The first-order valence-corrected chi connectivity index (χ1v) is 3.04. The Morgan fingerprint density at radius 3 is 1.83 bits per heavy atom. The van der Waals surface area contributed by atoms with Crippen LogP contribution in [0, 0.1) is 10.1 Å². The predicted octanol–water partition coefficient (Wildman–Crippen LogP) is -0.389. The van der Waals surface area contributed by atoms with Crippen molar-refractivity contribution in [2.24, 2.45) is 5.73 Å². The summed E-state index contributed by atoms with van der Waals surface area (Å²) >= 11 is 0. The minimum absolute atomic E-state index is 0.519. The zero-order valence-corrected chi connectivity index (χ0v) is 6.66. The van der Waals surface area contributed by atoms with Crippen molar-refractivity contribution in [1.29, 1.82) is 0 Å². The van der Waals surface area contributed by atoms with Crippen LogP contribution >= 0.6 is 0 Å². The van der Waals surface area contributed by atoms with Gasteiger partial charge in [0.15, 0.2) is 11.4 Å². The second-order valence-electron chi connectivity index (χ2n) is 2.14. The Hall–Kier alpha value is -1.72. The van der Waals surface area contributed by atoms with Crippen LogP contribution in [0.2, 0.25) is 0 Å². The predicted molar refractivity (Wildman–Crippen MR) is 39.6 cm³/mol. The Bertz CT molecular complexity index is 263. The van der Waals surface area contributed by atoms with Gasteiger partial charge in [-0.2, -0.15) is 0 Å². The van der Waals surface area contributed by atoms with Crippen LogP contribution in [-0.2, 0) is 9.59 Å².